The number of nitro benzene ring substituents is 1. The molecule has 0 aliphatic rings. The van der Waals surface area contributed by atoms with Crippen molar-refractivity contribution in [3.05, 3.63) is 69.5 Å². The van der Waals surface area contributed by atoms with E-state index in [1.165, 1.54) is 17.0 Å². The lowest BCUT2D eigenvalue weighted by Gasteiger charge is -2.25. The van der Waals surface area contributed by atoms with Crippen molar-refractivity contribution in [3.8, 4) is 0 Å². The molecule has 6 nitrogen and oxygen atoms in total. The minimum Gasteiger partial charge on any atom is -0.334 e. The summed E-state index contributed by atoms with van der Waals surface area (Å²) in [4.78, 5) is 28.6. The second kappa shape index (κ2) is 6.34. The zero-order valence-electron chi connectivity index (χ0n) is 12.7. The molecule has 1 unspecified atom stereocenters. The van der Waals surface area contributed by atoms with Crippen LogP contribution in [0.5, 0.6) is 0 Å². The Balaban J connectivity index is 2.25. The first kappa shape index (κ1) is 15.6. The molecule has 22 heavy (non-hydrogen) atoms. The Labute approximate surface area is 128 Å². The highest BCUT2D eigenvalue weighted by Crippen LogP contribution is 2.24. The molecule has 1 aromatic heterocycles. The van der Waals surface area contributed by atoms with Gasteiger partial charge in [0.2, 0.25) is 0 Å². The SMILES string of the molecule is Cc1cccc(C(=O)N(C)C(C)c2cccc([N+](=O)[O-])c2)n1. The van der Waals surface area contributed by atoms with Crippen LogP contribution in [0.25, 0.3) is 0 Å². The van der Waals surface area contributed by atoms with Crippen LogP contribution in [-0.2, 0) is 0 Å². The van der Waals surface area contributed by atoms with Crippen molar-refractivity contribution in [2.24, 2.45) is 0 Å². The molecule has 0 aliphatic carbocycles. The molecular weight excluding hydrogens is 282 g/mol. The van der Waals surface area contributed by atoms with Gasteiger partial charge in [-0.2, -0.15) is 0 Å². The molecule has 0 N–H and O–H groups in total. The lowest BCUT2D eigenvalue weighted by Crippen LogP contribution is -2.30. The third-order valence-corrected chi connectivity index (χ3v) is 3.57. The number of carbonyl (C=O) groups is 1. The standard InChI is InChI=1S/C16H17N3O3/c1-11-6-4-9-15(17-11)16(20)18(3)12(2)13-7-5-8-14(10-13)19(21)22/h4-10,12H,1-3H3. The maximum atomic E-state index is 12.5. The quantitative estimate of drug-likeness (QED) is 0.642. The van der Waals surface area contributed by atoms with E-state index in [9.17, 15) is 14.9 Å². The average Bonchev–Trinajstić information content (AvgIpc) is 2.52. The zero-order chi connectivity index (χ0) is 16.3. The van der Waals surface area contributed by atoms with Crippen LogP contribution in [-0.4, -0.2) is 27.8 Å². The van der Waals surface area contributed by atoms with E-state index in [4.69, 9.17) is 0 Å². The monoisotopic (exact) mass is 299 g/mol. The van der Waals surface area contributed by atoms with Crippen molar-refractivity contribution in [3.63, 3.8) is 0 Å². The highest BCUT2D eigenvalue weighted by Gasteiger charge is 2.21. The van der Waals surface area contributed by atoms with Crippen LogP contribution >= 0.6 is 0 Å². The molecule has 114 valence electrons. The fourth-order valence-corrected chi connectivity index (χ4v) is 2.14. The maximum absolute atomic E-state index is 12.5. The molecule has 0 bridgehead atoms. The second-order valence-electron chi connectivity index (χ2n) is 5.11. The molecule has 0 saturated carbocycles. The minimum atomic E-state index is -0.444. The molecule has 6 heteroatoms. The molecule has 0 fully saturated rings. The summed E-state index contributed by atoms with van der Waals surface area (Å²) < 4.78 is 0. The number of carbonyl (C=O) groups excluding carboxylic acids is 1. The summed E-state index contributed by atoms with van der Waals surface area (Å²) in [6, 6.07) is 11.3. The second-order valence-corrected chi connectivity index (χ2v) is 5.11. The van der Waals surface area contributed by atoms with Crippen molar-refractivity contribution in [2.75, 3.05) is 7.05 Å². The number of benzene rings is 1. The molecule has 1 amide bonds. The predicted octanol–water partition coefficient (Wildman–Crippen LogP) is 3.13. The molecule has 1 heterocycles. The summed E-state index contributed by atoms with van der Waals surface area (Å²) in [5.74, 6) is -0.220. The fourth-order valence-electron chi connectivity index (χ4n) is 2.14. The Morgan fingerprint density at radius 2 is 1.95 bits per heavy atom. The molecule has 2 rings (SSSR count). The van der Waals surface area contributed by atoms with E-state index in [1.54, 1.807) is 31.3 Å². The van der Waals surface area contributed by atoms with Gasteiger partial charge in [0.15, 0.2) is 0 Å². The number of nitrogens with zero attached hydrogens (tertiary/aromatic N) is 3. The minimum absolute atomic E-state index is 0.0129. The highest BCUT2D eigenvalue weighted by molar-refractivity contribution is 5.92. The number of nitro groups is 1. The number of aryl methyl sites for hydroxylation is 1. The van der Waals surface area contributed by atoms with Crippen LogP contribution in [0.15, 0.2) is 42.5 Å². The van der Waals surface area contributed by atoms with E-state index in [1.807, 2.05) is 19.9 Å². The molecule has 0 spiro atoms. The Bertz CT molecular complexity index is 715. The predicted molar refractivity (Wildman–Crippen MR) is 82.6 cm³/mol. The molecular formula is C16H17N3O3. The summed E-state index contributed by atoms with van der Waals surface area (Å²) >= 11 is 0. The van der Waals surface area contributed by atoms with Crippen molar-refractivity contribution in [2.45, 2.75) is 19.9 Å². The van der Waals surface area contributed by atoms with Gasteiger partial charge in [-0.25, -0.2) is 4.98 Å². The molecule has 1 aromatic carbocycles. The van der Waals surface area contributed by atoms with Gasteiger partial charge in [0.1, 0.15) is 5.69 Å². The molecule has 1 atom stereocenters. The van der Waals surface area contributed by atoms with E-state index >= 15 is 0 Å². The van der Waals surface area contributed by atoms with Gasteiger partial charge < -0.3 is 4.90 Å². The summed E-state index contributed by atoms with van der Waals surface area (Å²) in [7, 11) is 1.66. The number of non-ortho nitro benzene ring substituents is 1. The number of hydrogen-bond acceptors (Lipinski definition) is 4. The first-order valence-corrected chi connectivity index (χ1v) is 6.85. The molecule has 0 aliphatic heterocycles. The van der Waals surface area contributed by atoms with Gasteiger partial charge in [0.05, 0.1) is 11.0 Å². The lowest BCUT2D eigenvalue weighted by atomic mass is 10.1. The number of aromatic nitrogens is 1. The number of rotatable bonds is 4. The van der Waals surface area contributed by atoms with Crippen molar-refractivity contribution in [1.82, 2.24) is 9.88 Å². The van der Waals surface area contributed by atoms with E-state index in [0.717, 1.165) is 5.69 Å². The Kier molecular flexibility index (Phi) is 4.50. The summed E-state index contributed by atoms with van der Waals surface area (Å²) in [6.45, 7) is 3.65. The third-order valence-electron chi connectivity index (χ3n) is 3.57. The van der Waals surface area contributed by atoms with Crippen LogP contribution in [0.1, 0.15) is 34.7 Å². The third kappa shape index (κ3) is 3.28. The Hall–Kier alpha value is -2.76. The fraction of sp³-hybridized carbons (Fsp3) is 0.250. The zero-order valence-corrected chi connectivity index (χ0v) is 12.7. The maximum Gasteiger partial charge on any atom is 0.272 e. The average molecular weight is 299 g/mol. The lowest BCUT2D eigenvalue weighted by molar-refractivity contribution is -0.384. The molecule has 2 aromatic rings. The van der Waals surface area contributed by atoms with Crippen LogP contribution in [0, 0.1) is 17.0 Å². The van der Waals surface area contributed by atoms with E-state index in [2.05, 4.69) is 4.98 Å². The number of hydrogen-bond donors (Lipinski definition) is 0. The van der Waals surface area contributed by atoms with Gasteiger partial charge >= 0.3 is 0 Å². The highest BCUT2D eigenvalue weighted by atomic mass is 16.6. The molecule has 0 radical (unpaired) electrons. The van der Waals surface area contributed by atoms with Crippen LogP contribution in [0.4, 0.5) is 5.69 Å². The Morgan fingerprint density at radius 1 is 1.27 bits per heavy atom. The van der Waals surface area contributed by atoms with Crippen molar-refractivity contribution in [1.29, 1.82) is 0 Å². The summed E-state index contributed by atoms with van der Waals surface area (Å²) in [5, 5.41) is 10.9. The smallest absolute Gasteiger partial charge is 0.272 e. The van der Waals surface area contributed by atoms with Crippen LogP contribution in [0.3, 0.4) is 0 Å². The largest absolute Gasteiger partial charge is 0.334 e. The van der Waals surface area contributed by atoms with Crippen LogP contribution < -0.4 is 0 Å². The summed E-state index contributed by atoms with van der Waals surface area (Å²) in [6.07, 6.45) is 0. The number of amides is 1. The van der Waals surface area contributed by atoms with Crippen molar-refractivity contribution < 1.29 is 9.72 Å². The van der Waals surface area contributed by atoms with Crippen molar-refractivity contribution >= 4 is 11.6 Å². The summed E-state index contributed by atoms with van der Waals surface area (Å²) in [5.41, 5.74) is 1.85. The van der Waals surface area contributed by atoms with E-state index in [-0.39, 0.29) is 17.6 Å². The first-order valence-electron chi connectivity index (χ1n) is 6.85. The van der Waals surface area contributed by atoms with Gasteiger partial charge in [-0.15, -0.1) is 0 Å². The van der Waals surface area contributed by atoms with Gasteiger partial charge in [-0.1, -0.05) is 18.2 Å². The van der Waals surface area contributed by atoms with Gasteiger partial charge in [0, 0.05) is 24.9 Å². The topological polar surface area (TPSA) is 76.3 Å². The van der Waals surface area contributed by atoms with Gasteiger partial charge in [-0.3, -0.25) is 14.9 Å². The normalized spacial score (nSPS) is 11.8. The van der Waals surface area contributed by atoms with Crippen LogP contribution in [0.2, 0.25) is 0 Å². The van der Waals surface area contributed by atoms with E-state index in [0.29, 0.717) is 11.3 Å². The van der Waals surface area contributed by atoms with Gasteiger partial charge in [0.25, 0.3) is 11.6 Å². The Morgan fingerprint density at radius 3 is 2.59 bits per heavy atom. The van der Waals surface area contributed by atoms with E-state index < -0.39 is 4.92 Å². The number of pyridine rings is 1. The first-order chi connectivity index (χ1) is 10.4. The molecule has 0 saturated heterocycles. The van der Waals surface area contributed by atoms with Gasteiger partial charge in [-0.05, 0) is 31.5 Å².